The normalized spacial score (nSPS) is 10.4. The second kappa shape index (κ2) is 2.73. The maximum absolute atomic E-state index is 4.15. The molecule has 0 atom stereocenters. The van der Waals surface area contributed by atoms with Crippen molar-refractivity contribution in [3.05, 3.63) is 18.0 Å². The SMILES string of the molecule is Cc1ncnc(C(C)C)n1. The van der Waals surface area contributed by atoms with Gasteiger partial charge in [0.2, 0.25) is 0 Å². The first-order chi connectivity index (χ1) is 4.70. The van der Waals surface area contributed by atoms with Gasteiger partial charge in [0.05, 0.1) is 0 Å². The minimum absolute atomic E-state index is 0.390. The Kier molecular flexibility index (Phi) is 1.94. The van der Waals surface area contributed by atoms with Crippen LogP contribution in [0.2, 0.25) is 0 Å². The van der Waals surface area contributed by atoms with E-state index < -0.39 is 0 Å². The summed E-state index contributed by atoms with van der Waals surface area (Å²) in [5, 5.41) is 0. The van der Waals surface area contributed by atoms with Gasteiger partial charge in [-0.2, -0.15) is 0 Å². The van der Waals surface area contributed by atoms with Crippen molar-refractivity contribution < 1.29 is 0 Å². The molecule has 0 radical (unpaired) electrons. The highest BCUT2D eigenvalue weighted by molar-refractivity contribution is 4.92. The Balaban J connectivity index is 2.96. The summed E-state index contributed by atoms with van der Waals surface area (Å²) in [6.07, 6.45) is 1.55. The van der Waals surface area contributed by atoms with Gasteiger partial charge in [0.25, 0.3) is 0 Å². The van der Waals surface area contributed by atoms with E-state index in [1.807, 2.05) is 6.92 Å². The second-order valence-corrected chi connectivity index (χ2v) is 2.55. The summed E-state index contributed by atoms with van der Waals surface area (Å²) in [7, 11) is 0. The lowest BCUT2D eigenvalue weighted by Gasteiger charge is -2.00. The molecule has 0 saturated carbocycles. The molecule has 0 spiro atoms. The molecule has 3 nitrogen and oxygen atoms in total. The molecule has 0 aliphatic heterocycles. The number of rotatable bonds is 1. The summed E-state index contributed by atoms with van der Waals surface area (Å²) >= 11 is 0. The molecular weight excluding hydrogens is 126 g/mol. The number of hydrogen-bond acceptors (Lipinski definition) is 3. The lowest BCUT2D eigenvalue weighted by molar-refractivity contribution is 0.746. The van der Waals surface area contributed by atoms with Crippen LogP contribution >= 0.6 is 0 Å². The van der Waals surface area contributed by atoms with E-state index in [0.29, 0.717) is 5.92 Å². The zero-order valence-corrected chi connectivity index (χ0v) is 6.50. The molecule has 0 bridgehead atoms. The van der Waals surface area contributed by atoms with E-state index in [1.54, 1.807) is 6.33 Å². The smallest absolute Gasteiger partial charge is 0.134 e. The molecule has 10 heavy (non-hydrogen) atoms. The first-order valence-corrected chi connectivity index (χ1v) is 3.35. The van der Waals surface area contributed by atoms with Crippen molar-refractivity contribution in [3.8, 4) is 0 Å². The minimum atomic E-state index is 0.390. The Morgan fingerprint density at radius 2 is 2.00 bits per heavy atom. The monoisotopic (exact) mass is 137 g/mol. The molecule has 0 fully saturated rings. The average Bonchev–Trinajstić information content (AvgIpc) is 1.88. The summed E-state index contributed by atoms with van der Waals surface area (Å²) < 4.78 is 0. The van der Waals surface area contributed by atoms with Crippen LogP contribution in [0.4, 0.5) is 0 Å². The van der Waals surface area contributed by atoms with Gasteiger partial charge in [0.1, 0.15) is 18.0 Å². The zero-order valence-electron chi connectivity index (χ0n) is 6.50. The van der Waals surface area contributed by atoms with Gasteiger partial charge < -0.3 is 0 Å². The third-order valence-electron chi connectivity index (χ3n) is 1.23. The summed E-state index contributed by atoms with van der Waals surface area (Å²) in [6.45, 7) is 6.00. The summed E-state index contributed by atoms with van der Waals surface area (Å²) in [4.78, 5) is 12.1. The maximum Gasteiger partial charge on any atom is 0.134 e. The van der Waals surface area contributed by atoms with E-state index in [0.717, 1.165) is 11.6 Å². The Morgan fingerprint density at radius 3 is 2.40 bits per heavy atom. The number of hydrogen-bond donors (Lipinski definition) is 0. The molecule has 1 aromatic heterocycles. The van der Waals surface area contributed by atoms with Crippen LogP contribution in [0.1, 0.15) is 31.4 Å². The number of aryl methyl sites for hydroxylation is 1. The molecule has 0 aliphatic rings. The Morgan fingerprint density at radius 1 is 1.30 bits per heavy atom. The summed E-state index contributed by atoms with van der Waals surface area (Å²) in [5.41, 5.74) is 0. The highest BCUT2D eigenvalue weighted by Crippen LogP contribution is 2.05. The standard InChI is InChI=1S/C7H11N3/c1-5(2)7-9-4-8-6(3)10-7/h4-5H,1-3H3. The lowest BCUT2D eigenvalue weighted by atomic mass is 10.2. The maximum atomic E-state index is 4.15. The first kappa shape index (κ1) is 7.12. The van der Waals surface area contributed by atoms with Crippen molar-refractivity contribution in [3.63, 3.8) is 0 Å². The topological polar surface area (TPSA) is 38.7 Å². The molecule has 0 unspecified atom stereocenters. The van der Waals surface area contributed by atoms with Gasteiger partial charge >= 0.3 is 0 Å². The van der Waals surface area contributed by atoms with Gasteiger partial charge in [-0.05, 0) is 6.92 Å². The van der Waals surface area contributed by atoms with Crippen LogP contribution in [-0.2, 0) is 0 Å². The second-order valence-electron chi connectivity index (χ2n) is 2.55. The molecule has 1 rings (SSSR count). The van der Waals surface area contributed by atoms with Crippen molar-refractivity contribution in [1.82, 2.24) is 15.0 Å². The van der Waals surface area contributed by atoms with Crippen LogP contribution in [-0.4, -0.2) is 15.0 Å². The van der Waals surface area contributed by atoms with Crippen LogP contribution in [0.3, 0.4) is 0 Å². The summed E-state index contributed by atoms with van der Waals surface area (Å²) in [5.74, 6) is 2.05. The van der Waals surface area contributed by atoms with E-state index in [1.165, 1.54) is 0 Å². The highest BCUT2D eigenvalue weighted by Gasteiger charge is 2.00. The van der Waals surface area contributed by atoms with E-state index >= 15 is 0 Å². The van der Waals surface area contributed by atoms with Gasteiger partial charge in [-0.25, -0.2) is 15.0 Å². The molecule has 3 heteroatoms. The molecule has 1 aromatic rings. The van der Waals surface area contributed by atoms with Gasteiger partial charge in [-0.3, -0.25) is 0 Å². The fourth-order valence-corrected chi connectivity index (χ4v) is 0.673. The minimum Gasteiger partial charge on any atom is -0.222 e. The summed E-state index contributed by atoms with van der Waals surface area (Å²) in [6, 6.07) is 0. The van der Waals surface area contributed by atoms with Gasteiger partial charge in [0, 0.05) is 5.92 Å². The molecule has 0 N–H and O–H groups in total. The van der Waals surface area contributed by atoms with Crippen LogP contribution < -0.4 is 0 Å². The third-order valence-corrected chi connectivity index (χ3v) is 1.23. The molecule has 0 aromatic carbocycles. The number of aromatic nitrogens is 3. The van der Waals surface area contributed by atoms with Gasteiger partial charge in [-0.15, -0.1) is 0 Å². The van der Waals surface area contributed by atoms with E-state index in [9.17, 15) is 0 Å². The van der Waals surface area contributed by atoms with Crippen molar-refractivity contribution in [2.24, 2.45) is 0 Å². The van der Waals surface area contributed by atoms with Crippen molar-refractivity contribution in [2.75, 3.05) is 0 Å². The molecule has 54 valence electrons. The third kappa shape index (κ3) is 1.50. The largest absolute Gasteiger partial charge is 0.222 e. The Hall–Kier alpha value is -0.990. The van der Waals surface area contributed by atoms with E-state index in [-0.39, 0.29) is 0 Å². The van der Waals surface area contributed by atoms with Crippen LogP contribution in [0, 0.1) is 6.92 Å². The van der Waals surface area contributed by atoms with Crippen LogP contribution in [0.25, 0.3) is 0 Å². The molecular formula is C7H11N3. The highest BCUT2D eigenvalue weighted by atomic mass is 15.0. The van der Waals surface area contributed by atoms with Gasteiger partial charge in [-0.1, -0.05) is 13.8 Å². The molecule has 0 aliphatic carbocycles. The Bertz CT molecular complexity index is 220. The predicted molar refractivity (Wildman–Crippen MR) is 38.7 cm³/mol. The molecule has 0 saturated heterocycles. The van der Waals surface area contributed by atoms with Gasteiger partial charge in [0.15, 0.2) is 0 Å². The lowest BCUT2D eigenvalue weighted by Crippen LogP contribution is -1.99. The fraction of sp³-hybridized carbons (Fsp3) is 0.571. The van der Waals surface area contributed by atoms with Crippen LogP contribution in [0.15, 0.2) is 6.33 Å². The molecule has 0 amide bonds. The first-order valence-electron chi connectivity index (χ1n) is 3.35. The fourth-order valence-electron chi connectivity index (χ4n) is 0.673. The van der Waals surface area contributed by atoms with Crippen molar-refractivity contribution in [1.29, 1.82) is 0 Å². The average molecular weight is 137 g/mol. The quantitative estimate of drug-likeness (QED) is 0.585. The Labute approximate surface area is 60.6 Å². The van der Waals surface area contributed by atoms with E-state index in [4.69, 9.17) is 0 Å². The molecule has 1 heterocycles. The van der Waals surface area contributed by atoms with Crippen molar-refractivity contribution >= 4 is 0 Å². The van der Waals surface area contributed by atoms with Crippen molar-refractivity contribution in [2.45, 2.75) is 26.7 Å². The van der Waals surface area contributed by atoms with E-state index in [2.05, 4.69) is 28.8 Å². The zero-order chi connectivity index (χ0) is 7.56. The number of nitrogens with zero attached hydrogens (tertiary/aromatic N) is 3. The predicted octanol–water partition coefficient (Wildman–Crippen LogP) is 1.30. The van der Waals surface area contributed by atoms with Crippen LogP contribution in [0.5, 0.6) is 0 Å².